The predicted molar refractivity (Wildman–Crippen MR) is 153 cm³/mol. The minimum absolute atomic E-state index is 0.0490. The van der Waals surface area contributed by atoms with E-state index in [1.807, 2.05) is 25.1 Å². The summed E-state index contributed by atoms with van der Waals surface area (Å²) in [6.45, 7) is 4.49. The van der Waals surface area contributed by atoms with Crippen LogP contribution in [0, 0.1) is 5.92 Å². The van der Waals surface area contributed by atoms with Crippen LogP contribution in [0.2, 0.25) is 5.02 Å². The second kappa shape index (κ2) is 12.3. The predicted octanol–water partition coefficient (Wildman–Crippen LogP) is 6.08. The molecule has 198 valence electrons. The molecule has 0 saturated carbocycles. The van der Waals surface area contributed by atoms with Crippen molar-refractivity contribution in [2.75, 3.05) is 24.0 Å². The van der Waals surface area contributed by atoms with Crippen molar-refractivity contribution in [3.8, 4) is 5.75 Å². The van der Waals surface area contributed by atoms with Crippen molar-refractivity contribution in [3.05, 3.63) is 102 Å². The van der Waals surface area contributed by atoms with Crippen LogP contribution in [0.25, 0.3) is 10.8 Å². The molecular formula is C30H31ClN2O4S. The number of amides is 1. The minimum atomic E-state index is -4.03. The third-order valence-electron chi connectivity index (χ3n) is 6.22. The number of carbonyl (C=O) groups is 1. The fraction of sp³-hybridized carbons (Fsp3) is 0.233. The molecule has 0 heterocycles. The molecule has 1 atom stereocenters. The van der Waals surface area contributed by atoms with Crippen LogP contribution < -0.4 is 14.4 Å². The molecule has 4 aromatic carbocycles. The van der Waals surface area contributed by atoms with Gasteiger partial charge in [0.2, 0.25) is 5.91 Å². The highest BCUT2D eigenvalue weighted by molar-refractivity contribution is 7.92. The number of rotatable bonds is 11. The fourth-order valence-electron chi connectivity index (χ4n) is 4.32. The highest BCUT2D eigenvalue weighted by Crippen LogP contribution is 2.27. The van der Waals surface area contributed by atoms with E-state index in [1.165, 1.54) is 40.6 Å². The molecule has 4 rings (SSSR count). The van der Waals surface area contributed by atoms with Crippen molar-refractivity contribution >= 4 is 44.0 Å². The molecule has 0 saturated heterocycles. The molecule has 0 fully saturated rings. The number of anilines is 1. The monoisotopic (exact) mass is 550 g/mol. The first-order chi connectivity index (χ1) is 18.3. The van der Waals surface area contributed by atoms with Crippen LogP contribution in [0.1, 0.15) is 19.4 Å². The summed E-state index contributed by atoms with van der Waals surface area (Å²) in [5.74, 6) is 0.379. The Morgan fingerprint density at radius 1 is 0.947 bits per heavy atom. The number of fused-ring (bicyclic) bond motifs is 1. The highest BCUT2D eigenvalue weighted by Gasteiger charge is 2.27. The lowest BCUT2D eigenvalue weighted by atomic mass is 9.96. The Kier molecular flexibility index (Phi) is 8.92. The van der Waals surface area contributed by atoms with E-state index in [-0.39, 0.29) is 23.3 Å². The van der Waals surface area contributed by atoms with Crippen molar-refractivity contribution in [2.45, 2.75) is 25.2 Å². The molecule has 1 amide bonds. The van der Waals surface area contributed by atoms with Crippen LogP contribution in [0.15, 0.2) is 95.9 Å². The Hall–Kier alpha value is -3.55. The van der Waals surface area contributed by atoms with Crippen LogP contribution in [-0.2, 0) is 21.2 Å². The molecule has 0 spiro atoms. The summed E-state index contributed by atoms with van der Waals surface area (Å²) in [5, 5.41) is 5.73. The molecule has 1 unspecified atom stereocenters. The van der Waals surface area contributed by atoms with E-state index in [9.17, 15) is 13.2 Å². The van der Waals surface area contributed by atoms with Gasteiger partial charge < -0.3 is 10.1 Å². The summed E-state index contributed by atoms with van der Waals surface area (Å²) in [6.07, 6.45) is 0.785. The summed E-state index contributed by atoms with van der Waals surface area (Å²) in [7, 11) is -4.03. The Morgan fingerprint density at radius 2 is 1.63 bits per heavy atom. The van der Waals surface area contributed by atoms with E-state index in [0.29, 0.717) is 29.6 Å². The van der Waals surface area contributed by atoms with Gasteiger partial charge in [-0.05, 0) is 84.1 Å². The van der Waals surface area contributed by atoms with Crippen molar-refractivity contribution in [3.63, 3.8) is 0 Å². The van der Waals surface area contributed by atoms with Crippen LogP contribution in [0.5, 0.6) is 5.75 Å². The number of benzene rings is 4. The summed E-state index contributed by atoms with van der Waals surface area (Å²) < 4.78 is 33.7. The van der Waals surface area contributed by atoms with Gasteiger partial charge in [-0.2, -0.15) is 0 Å². The minimum Gasteiger partial charge on any atom is -0.494 e. The number of hydrogen-bond acceptors (Lipinski definition) is 4. The summed E-state index contributed by atoms with van der Waals surface area (Å²) >= 11 is 5.96. The number of ether oxygens (including phenoxy) is 1. The van der Waals surface area contributed by atoms with Crippen LogP contribution in [-0.4, -0.2) is 34.0 Å². The van der Waals surface area contributed by atoms with E-state index in [0.717, 1.165) is 10.7 Å². The smallest absolute Gasteiger partial charge is 0.264 e. The summed E-state index contributed by atoms with van der Waals surface area (Å²) in [6, 6.07) is 27.0. The maximum absolute atomic E-state index is 13.6. The molecule has 0 aliphatic carbocycles. The standard InChI is InChI=1S/C30H31ClN2O4S/c1-3-37-27-15-13-26(14-16-27)33(38(35,36)28-17-11-25(31)12-18-28)21-30(34)32-20-22(2)19-24-9-6-8-23-7-4-5-10-29(23)24/h4-18,22H,3,19-21H2,1-2H3,(H,32,34). The second-order valence-electron chi connectivity index (χ2n) is 9.14. The van der Waals surface area contributed by atoms with E-state index < -0.39 is 10.0 Å². The Morgan fingerprint density at radius 3 is 2.34 bits per heavy atom. The zero-order valence-corrected chi connectivity index (χ0v) is 23.0. The van der Waals surface area contributed by atoms with Gasteiger partial charge in [-0.1, -0.05) is 61.0 Å². The molecule has 6 nitrogen and oxygen atoms in total. The zero-order chi connectivity index (χ0) is 27.1. The molecule has 0 bridgehead atoms. The van der Waals surface area contributed by atoms with Crippen LogP contribution >= 0.6 is 11.6 Å². The first-order valence-corrected chi connectivity index (χ1v) is 14.3. The quantitative estimate of drug-likeness (QED) is 0.245. The third kappa shape index (κ3) is 6.65. The van der Waals surface area contributed by atoms with Crippen LogP contribution in [0.3, 0.4) is 0 Å². The normalized spacial score (nSPS) is 12.2. The lowest BCUT2D eigenvalue weighted by Crippen LogP contribution is -2.42. The summed E-state index contributed by atoms with van der Waals surface area (Å²) in [4.78, 5) is 13.1. The molecule has 0 aliphatic rings. The fourth-order valence-corrected chi connectivity index (χ4v) is 5.86. The second-order valence-corrected chi connectivity index (χ2v) is 11.4. The third-order valence-corrected chi connectivity index (χ3v) is 8.26. The average Bonchev–Trinajstić information content (AvgIpc) is 2.92. The number of carbonyl (C=O) groups excluding carboxylic acids is 1. The number of hydrogen-bond donors (Lipinski definition) is 1. The molecule has 0 aromatic heterocycles. The lowest BCUT2D eigenvalue weighted by molar-refractivity contribution is -0.119. The van der Waals surface area contributed by atoms with Gasteiger partial charge in [-0.25, -0.2) is 8.42 Å². The highest BCUT2D eigenvalue weighted by atomic mass is 35.5. The zero-order valence-electron chi connectivity index (χ0n) is 21.4. The molecule has 1 N–H and O–H groups in total. The van der Waals surface area contributed by atoms with Gasteiger partial charge in [-0.15, -0.1) is 0 Å². The Labute approximate surface area is 229 Å². The van der Waals surface area contributed by atoms with Gasteiger partial charge in [0.05, 0.1) is 17.2 Å². The van der Waals surface area contributed by atoms with Gasteiger partial charge in [-0.3, -0.25) is 9.10 Å². The molecule has 4 aromatic rings. The first kappa shape index (κ1) is 27.5. The molecule has 38 heavy (non-hydrogen) atoms. The largest absolute Gasteiger partial charge is 0.494 e. The van der Waals surface area contributed by atoms with Gasteiger partial charge in [0.25, 0.3) is 10.0 Å². The van der Waals surface area contributed by atoms with Crippen molar-refractivity contribution in [1.29, 1.82) is 0 Å². The SMILES string of the molecule is CCOc1ccc(N(CC(=O)NCC(C)Cc2cccc3ccccc23)S(=O)(=O)c2ccc(Cl)cc2)cc1. The van der Waals surface area contributed by atoms with E-state index >= 15 is 0 Å². The summed E-state index contributed by atoms with van der Waals surface area (Å²) in [5.41, 5.74) is 1.58. The van der Waals surface area contributed by atoms with E-state index in [2.05, 4.69) is 36.5 Å². The Balaban J connectivity index is 1.49. The van der Waals surface area contributed by atoms with E-state index in [4.69, 9.17) is 16.3 Å². The first-order valence-electron chi connectivity index (χ1n) is 12.5. The molecular weight excluding hydrogens is 520 g/mol. The Bertz CT molecular complexity index is 1480. The van der Waals surface area contributed by atoms with E-state index in [1.54, 1.807) is 24.3 Å². The topological polar surface area (TPSA) is 75.7 Å². The number of nitrogens with zero attached hydrogens (tertiary/aromatic N) is 1. The van der Waals surface area contributed by atoms with Crippen LogP contribution in [0.4, 0.5) is 5.69 Å². The lowest BCUT2D eigenvalue weighted by Gasteiger charge is -2.25. The van der Waals surface area contributed by atoms with Gasteiger partial charge >= 0.3 is 0 Å². The maximum atomic E-state index is 13.6. The number of halogens is 1. The molecule has 0 aliphatic heterocycles. The van der Waals surface area contributed by atoms with Gasteiger partial charge in [0.1, 0.15) is 12.3 Å². The number of sulfonamides is 1. The average molecular weight is 551 g/mol. The van der Waals surface area contributed by atoms with Crippen molar-refractivity contribution in [2.24, 2.45) is 5.92 Å². The maximum Gasteiger partial charge on any atom is 0.264 e. The van der Waals surface area contributed by atoms with Gasteiger partial charge in [0, 0.05) is 11.6 Å². The number of nitrogens with one attached hydrogen (secondary N) is 1. The molecule has 0 radical (unpaired) electrons. The molecule has 8 heteroatoms. The van der Waals surface area contributed by atoms with Gasteiger partial charge in [0.15, 0.2) is 0 Å². The van der Waals surface area contributed by atoms with Crippen molar-refractivity contribution in [1.82, 2.24) is 5.32 Å². The van der Waals surface area contributed by atoms with Crippen molar-refractivity contribution < 1.29 is 17.9 Å².